The van der Waals surface area contributed by atoms with Crippen LogP contribution in [0.25, 0.3) is 99.9 Å². The van der Waals surface area contributed by atoms with Gasteiger partial charge in [0, 0.05) is 49.6 Å². The van der Waals surface area contributed by atoms with Crippen LogP contribution in [0.2, 0.25) is 0 Å². The molecule has 0 saturated heterocycles. The normalized spacial score (nSPS) is 11.7. The molecular weight excluding hydrogens is 659 g/mol. The van der Waals surface area contributed by atoms with E-state index >= 15 is 0 Å². The third-order valence-electron chi connectivity index (χ3n) is 10.5. The van der Waals surface area contributed by atoms with Crippen molar-refractivity contribution in [2.75, 3.05) is 0 Å². The summed E-state index contributed by atoms with van der Waals surface area (Å²) in [7, 11) is 0. The molecule has 0 saturated carbocycles. The summed E-state index contributed by atoms with van der Waals surface area (Å²) in [5.41, 5.74) is 9.73. The maximum atomic E-state index is 5.06. The van der Waals surface area contributed by atoms with E-state index in [2.05, 4.69) is 167 Å². The fraction of sp³-hybridized carbons (Fsp3) is 0. The highest BCUT2D eigenvalue weighted by Crippen LogP contribution is 2.40. The van der Waals surface area contributed by atoms with E-state index in [-0.39, 0.29) is 0 Å². The zero-order valence-electron chi connectivity index (χ0n) is 29.1. The summed E-state index contributed by atoms with van der Waals surface area (Å²) in [6.07, 6.45) is 0. The molecule has 3 heterocycles. The lowest BCUT2D eigenvalue weighted by Gasteiger charge is -2.12. The highest BCUT2D eigenvalue weighted by atomic mass is 15.0. The van der Waals surface area contributed by atoms with E-state index in [9.17, 15) is 0 Å². The van der Waals surface area contributed by atoms with Gasteiger partial charge in [0.15, 0.2) is 17.5 Å². The number of rotatable bonds is 5. The summed E-state index contributed by atoms with van der Waals surface area (Å²) in [5, 5.41) is 7.27. The van der Waals surface area contributed by atoms with Crippen LogP contribution in [0.5, 0.6) is 0 Å². The average Bonchev–Trinajstić information content (AvgIpc) is 3.75. The van der Waals surface area contributed by atoms with E-state index in [0.717, 1.165) is 44.5 Å². The monoisotopic (exact) mass is 689 g/mol. The molecule has 5 heteroatoms. The first-order valence-corrected chi connectivity index (χ1v) is 18.2. The van der Waals surface area contributed by atoms with Crippen molar-refractivity contribution in [3.05, 3.63) is 188 Å². The predicted molar refractivity (Wildman–Crippen MR) is 222 cm³/mol. The molecule has 0 amide bonds. The smallest absolute Gasteiger partial charge is 0.164 e. The largest absolute Gasteiger partial charge is 0.309 e. The van der Waals surface area contributed by atoms with Crippen LogP contribution in [-0.2, 0) is 0 Å². The molecule has 3 aromatic heterocycles. The first kappa shape index (κ1) is 30.3. The van der Waals surface area contributed by atoms with Crippen molar-refractivity contribution in [3.63, 3.8) is 0 Å². The lowest BCUT2D eigenvalue weighted by Crippen LogP contribution is -2.00. The van der Waals surface area contributed by atoms with Gasteiger partial charge in [0.2, 0.25) is 0 Å². The minimum atomic E-state index is 0.634. The number of fused-ring (bicyclic) bond motifs is 7. The molecule has 0 fully saturated rings. The zero-order chi connectivity index (χ0) is 35.6. The number of aromatic nitrogens is 5. The van der Waals surface area contributed by atoms with Crippen molar-refractivity contribution in [1.29, 1.82) is 0 Å². The second-order valence-electron chi connectivity index (χ2n) is 13.7. The molecular formula is C49H31N5. The van der Waals surface area contributed by atoms with Gasteiger partial charge in [-0.25, -0.2) is 15.0 Å². The molecule has 5 nitrogen and oxygen atoms in total. The molecule has 252 valence electrons. The average molecular weight is 690 g/mol. The Balaban J connectivity index is 1.09. The zero-order valence-corrected chi connectivity index (χ0v) is 29.1. The van der Waals surface area contributed by atoms with E-state index in [1.54, 1.807) is 0 Å². The van der Waals surface area contributed by atoms with Gasteiger partial charge in [-0.3, -0.25) is 0 Å². The Kier molecular flexibility index (Phi) is 6.79. The topological polar surface area (TPSA) is 48.5 Å². The Morgan fingerprint density at radius 1 is 0.278 bits per heavy atom. The summed E-state index contributed by atoms with van der Waals surface area (Å²) in [6, 6.07) is 66.3. The van der Waals surface area contributed by atoms with Crippen LogP contribution in [0.4, 0.5) is 0 Å². The van der Waals surface area contributed by atoms with Gasteiger partial charge in [-0.1, -0.05) is 121 Å². The highest BCUT2D eigenvalue weighted by molar-refractivity contribution is 6.19. The van der Waals surface area contributed by atoms with E-state index < -0.39 is 0 Å². The van der Waals surface area contributed by atoms with Crippen molar-refractivity contribution >= 4 is 54.4 Å². The summed E-state index contributed by atoms with van der Waals surface area (Å²) >= 11 is 0. The van der Waals surface area contributed by atoms with E-state index in [4.69, 9.17) is 15.0 Å². The van der Waals surface area contributed by atoms with Gasteiger partial charge in [-0.05, 0) is 77.5 Å². The van der Waals surface area contributed by atoms with Crippen LogP contribution in [0.1, 0.15) is 0 Å². The molecule has 11 rings (SSSR count). The second-order valence-corrected chi connectivity index (χ2v) is 13.7. The fourth-order valence-corrected chi connectivity index (χ4v) is 8.00. The summed E-state index contributed by atoms with van der Waals surface area (Å²) < 4.78 is 4.76. The van der Waals surface area contributed by atoms with Crippen LogP contribution in [0.15, 0.2) is 188 Å². The van der Waals surface area contributed by atoms with Crippen LogP contribution in [0.3, 0.4) is 0 Å². The molecule has 0 unspecified atom stereocenters. The number of nitrogens with zero attached hydrogens (tertiary/aromatic N) is 5. The molecule has 0 spiro atoms. The molecule has 11 aromatic rings. The molecule has 0 atom stereocenters. The molecule has 54 heavy (non-hydrogen) atoms. The van der Waals surface area contributed by atoms with Crippen molar-refractivity contribution < 1.29 is 0 Å². The minimum Gasteiger partial charge on any atom is -0.309 e. The van der Waals surface area contributed by atoms with E-state index in [1.807, 2.05) is 30.3 Å². The Morgan fingerprint density at radius 2 is 0.741 bits per heavy atom. The van der Waals surface area contributed by atoms with Crippen molar-refractivity contribution in [1.82, 2.24) is 24.1 Å². The Morgan fingerprint density at radius 3 is 1.37 bits per heavy atom. The lowest BCUT2D eigenvalue weighted by atomic mass is 10.1. The van der Waals surface area contributed by atoms with Gasteiger partial charge in [0.05, 0.1) is 22.1 Å². The lowest BCUT2D eigenvalue weighted by molar-refractivity contribution is 1.07. The van der Waals surface area contributed by atoms with E-state index in [0.29, 0.717) is 17.5 Å². The van der Waals surface area contributed by atoms with Crippen LogP contribution in [-0.4, -0.2) is 24.1 Å². The third-order valence-corrected chi connectivity index (χ3v) is 10.5. The maximum absolute atomic E-state index is 5.06. The molecule has 0 bridgehead atoms. The highest BCUT2D eigenvalue weighted by Gasteiger charge is 2.19. The molecule has 0 N–H and O–H groups in total. The van der Waals surface area contributed by atoms with Gasteiger partial charge in [-0.2, -0.15) is 0 Å². The number of hydrogen-bond donors (Lipinski definition) is 0. The fourth-order valence-electron chi connectivity index (χ4n) is 8.00. The van der Waals surface area contributed by atoms with Gasteiger partial charge >= 0.3 is 0 Å². The van der Waals surface area contributed by atoms with Gasteiger partial charge < -0.3 is 9.13 Å². The molecule has 8 aromatic carbocycles. The number of para-hydroxylation sites is 3. The Bertz CT molecular complexity index is 3200. The quantitative estimate of drug-likeness (QED) is 0.181. The summed E-state index contributed by atoms with van der Waals surface area (Å²) in [6.45, 7) is 0. The van der Waals surface area contributed by atoms with Gasteiger partial charge in [-0.15, -0.1) is 0 Å². The minimum absolute atomic E-state index is 0.634. The van der Waals surface area contributed by atoms with Gasteiger partial charge in [0.25, 0.3) is 0 Å². The second kappa shape index (κ2) is 12.1. The first-order chi connectivity index (χ1) is 26.8. The van der Waals surface area contributed by atoms with E-state index in [1.165, 1.54) is 38.0 Å². The first-order valence-electron chi connectivity index (χ1n) is 18.2. The standard InChI is InChI=1S/C49H31N5/c1-3-14-33(15-4-1)47-50-48(52-49(51-47)36-24-23-32-13-7-8-16-35(32)29-36)34-25-27-38(28-26-34)54-44-22-12-10-20-40(44)42-30-41-39-19-9-11-21-43(39)53(45(41)31-46(42)54)37-17-5-2-6-18-37/h1-31H. The maximum Gasteiger partial charge on any atom is 0.164 e. The Hall–Kier alpha value is -7.37. The number of benzene rings is 8. The van der Waals surface area contributed by atoms with Crippen molar-refractivity contribution in [3.8, 4) is 45.5 Å². The van der Waals surface area contributed by atoms with Crippen molar-refractivity contribution in [2.45, 2.75) is 0 Å². The Labute approximate surface area is 311 Å². The van der Waals surface area contributed by atoms with Crippen LogP contribution < -0.4 is 0 Å². The molecule has 0 radical (unpaired) electrons. The predicted octanol–water partition coefficient (Wildman–Crippen LogP) is 12.2. The molecule has 0 aliphatic heterocycles. The van der Waals surface area contributed by atoms with Crippen LogP contribution >= 0.6 is 0 Å². The van der Waals surface area contributed by atoms with Crippen molar-refractivity contribution in [2.24, 2.45) is 0 Å². The molecule has 0 aliphatic rings. The summed E-state index contributed by atoms with van der Waals surface area (Å²) in [5.74, 6) is 1.93. The van der Waals surface area contributed by atoms with Gasteiger partial charge in [0.1, 0.15) is 0 Å². The molecule has 0 aliphatic carbocycles. The SMILES string of the molecule is c1ccc(-c2nc(-c3ccc(-n4c5ccccc5c5cc6c7ccccc7n(-c7ccccc7)c6cc54)cc3)nc(-c3ccc4ccccc4c3)n2)cc1. The van der Waals surface area contributed by atoms with Crippen LogP contribution in [0, 0.1) is 0 Å². The summed E-state index contributed by atoms with van der Waals surface area (Å²) in [4.78, 5) is 15.0. The third kappa shape index (κ3) is 4.83. The number of hydrogen-bond acceptors (Lipinski definition) is 3.